The highest BCUT2D eigenvalue weighted by molar-refractivity contribution is 6.08. The zero-order valence-electron chi connectivity index (χ0n) is 16.3. The molecule has 2 aromatic rings. The number of hydrogen-bond acceptors (Lipinski definition) is 3. The molecule has 2 aliphatic rings. The third-order valence-electron chi connectivity index (χ3n) is 5.68. The fourth-order valence-electron chi connectivity index (χ4n) is 4.04. The van der Waals surface area contributed by atoms with Crippen LogP contribution in [-0.2, 0) is 16.0 Å². The lowest BCUT2D eigenvalue weighted by atomic mass is 9.96. The zero-order chi connectivity index (χ0) is 20.8. The summed E-state index contributed by atoms with van der Waals surface area (Å²) in [5.74, 6) is -1.01. The molecule has 3 N–H and O–H groups in total. The Bertz CT molecular complexity index is 1040. The maximum absolute atomic E-state index is 13.5. The molecule has 1 aliphatic carbocycles. The van der Waals surface area contributed by atoms with Crippen LogP contribution in [-0.4, -0.2) is 23.4 Å². The van der Waals surface area contributed by atoms with Crippen molar-refractivity contribution in [1.82, 2.24) is 16.0 Å². The van der Waals surface area contributed by atoms with Gasteiger partial charge in [-0.25, -0.2) is 9.18 Å². The maximum atomic E-state index is 13.5. The fourth-order valence-corrected chi connectivity index (χ4v) is 4.04. The Morgan fingerprint density at radius 3 is 2.62 bits per heavy atom. The van der Waals surface area contributed by atoms with Crippen LogP contribution in [0.15, 0.2) is 36.4 Å². The molecule has 7 heteroatoms. The van der Waals surface area contributed by atoms with Gasteiger partial charge in [-0.05, 0) is 66.6 Å². The van der Waals surface area contributed by atoms with Gasteiger partial charge >= 0.3 is 6.03 Å². The molecule has 150 valence electrons. The van der Waals surface area contributed by atoms with E-state index in [1.807, 2.05) is 18.2 Å². The van der Waals surface area contributed by atoms with Crippen LogP contribution in [0.5, 0.6) is 0 Å². The van der Waals surface area contributed by atoms with Crippen LogP contribution in [0, 0.1) is 12.7 Å². The van der Waals surface area contributed by atoms with E-state index in [-0.39, 0.29) is 24.2 Å². The average Bonchev–Trinajstić information content (AvgIpc) is 3.16. The van der Waals surface area contributed by atoms with Crippen molar-refractivity contribution < 1.29 is 18.8 Å². The molecule has 0 bridgehead atoms. The van der Waals surface area contributed by atoms with Crippen LogP contribution in [0.3, 0.4) is 0 Å². The maximum Gasteiger partial charge on any atom is 0.322 e. The molecule has 4 rings (SSSR count). The minimum absolute atomic E-state index is 0.122. The Balaban J connectivity index is 1.48. The summed E-state index contributed by atoms with van der Waals surface area (Å²) in [6.45, 7) is 3.28. The number of hydrogen-bond donors (Lipinski definition) is 3. The third-order valence-corrected chi connectivity index (χ3v) is 5.68. The van der Waals surface area contributed by atoms with E-state index in [0.29, 0.717) is 5.56 Å². The van der Waals surface area contributed by atoms with Crippen LogP contribution in [0.25, 0.3) is 11.1 Å². The van der Waals surface area contributed by atoms with Crippen LogP contribution in [0.4, 0.5) is 9.18 Å². The van der Waals surface area contributed by atoms with Gasteiger partial charge in [-0.15, -0.1) is 0 Å². The summed E-state index contributed by atoms with van der Waals surface area (Å²) in [4.78, 5) is 35.8. The summed E-state index contributed by atoms with van der Waals surface area (Å²) in [6.07, 6.45) is 1.47. The molecule has 6 nitrogen and oxygen atoms in total. The SMILES string of the molecule is Cc1cc(-c2ccc3c(c2)CCC3NC(=O)CC2(C)NC(=O)NC2=O)ccc1F. The Labute approximate surface area is 167 Å². The first-order valence-corrected chi connectivity index (χ1v) is 9.57. The van der Waals surface area contributed by atoms with Gasteiger partial charge in [-0.2, -0.15) is 0 Å². The minimum atomic E-state index is -1.23. The summed E-state index contributed by atoms with van der Waals surface area (Å²) >= 11 is 0. The van der Waals surface area contributed by atoms with Crippen LogP contribution >= 0.6 is 0 Å². The van der Waals surface area contributed by atoms with Crippen LogP contribution in [0.1, 0.15) is 42.5 Å². The normalized spacial score (nSPS) is 22.8. The fraction of sp³-hybridized carbons (Fsp3) is 0.318. The van der Waals surface area contributed by atoms with Crippen molar-refractivity contribution in [3.05, 3.63) is 58.9 Å². The molecule has 1 saturated heterocycles. The van der Waals surface area contributed by atoms with E-state index in [1.54, 1.807) is 13.0 Å². The number of imide groups is 1. The second kappa shape index (κ2) is 6.99. The first-order valence-electron chi connectivity index (χ1n) is 9.57. The van der Waals surface area contributed by atoms with Gasteiger partial charge in [-0.1, -0.05) is 24.3 Å². The van der Waals surface area contributed by atoms with E-state index >= 15 is 0 Å². The molecule has 1 fully saturated rings. The number of carbonyl (C=O) groups excluding carboxylic acids is 3. The highest BCUT2D eigenvalue weighted by Gasteiger charge is 2.43. The molecule has 29 heavy (non-hydrogen) atoms. The number of benzene rings is 2. The Morgan fingerprint density at radius 1 is 1.21 bits per heavy atom. The van der Waals surface area contributed by atoms with Gasteiger partial charge in [0.2, 0.25) is 5.91 Å². The first kappa shape index (κ1) is 19.1. The lowest BCUT2D eigenvalue weighted by molar-refractivity contribution is -0.129. The van der Waals surface area contributed by atoms with Crippen molar-refractivity contribution in [2.75, 3.05) is 0 Å². The number of amides is 4. The monoisotopic (exact) mass is 395 g/mol. The molecule has 0 saturated carbocycles. The third kappa shape index (κ3) is 3.60. The molecule has 0 radical (unpaired) electrons. The summed E-state index contributed by atoms with van der Waals surface area (Å²) in [6, 6.07) is 10.4. The number of fused-ring (bicyclic) bond motifs is 1. The Hall–Kier alpha value is -3.22. The number of aryl methyl sites for hydroxylation is 2. The number of rotatable bonds is 4. The summed E-state index contributed by atoms with van der Waals surface area (Å²) in [7, 11) is 0. The molecule has 0 spiro atoms. The van der Waals surface area contributed by atoms with Crippen LogP contribution < -0.4 is 16.0 Å². The number of carbonyl (C=O) groups is 3. The Morgan fingerprint density at radius 2 is 1.93 bits per heavy atom. The molecule has 2 aromatic carbocycles. The van der Waals surface area contributed by atoms with Crippen molar-refractivity contribution in [1.29, 1.82) is 0 Å². The summed E-state index contributed by atoms with van der Waals surface area (Å²) < 4.78 is 13.5. The van der Waals surface area contributed by atoms with Gasteiger partial charge < -0.3 is 10.6 Å². The molecule has 2 unspecified atom stereocenters. The van der Waals surface area contributed by atoms with Gasteiger partial charge in [0, 0.05) is 0 Å². The second-order valence-electron chi connectivity index (χ2n) is 7.95. The van der Waals surface area contributed by atoms with Gasteiger partial charge in [0.25, 0.3) is 5.91 Å². The molecular weight excluding hydrogens is 373 g/mol. The number of nitrogens with one attached hydrogen (secondary N) is 3. The van der Waals surface area contributed by atoms with E-state index in [9.17, 15) is 18.8 Å². The van der Waals surface area contributed by atoms with Gasteiger partial charge in [0.15, 0.2) is 0 Å². The average molecular weight is 395 g/mol. The zero-order valence-corrected chi connectivity index (χ0v) is 16.3. The standard InChI is InChI=1S/C22H22FN3O3/c1-12-9-13(4-7-17(12)23)14-3-6-16-15(10-14)5-8-18(16)24-19(27)11-22(2)20(28)25-21(29)26-22/h3-4,6-7,9-10,18H,5,8,11H2,1-2H3,(H,24,27)(H2,25,26,28,29). The second-order valence-corrected chi connectivity index (χ2v) is 7.95. The van der Waals surface area contributed by atoms with Crippen molar-refractivity contribution >= 4 is 17.8 Å². The van der Waals surface area contributed by atoms with Crippen molar-refractivity contribution in [3.63, 3.8) is 0 Å². The van der Waals surface area contributed by atoms with E-state index < -0.39 is 17.5 Å². The predicted molar refractivity (Wildman–Crippen MR) is 105 cm³/mol. The van der Waals surface area contributed by atoms with E-state index in [2.05, 4.69) is 22.0 Å². The molecule has 1 heterocycles. The minimum Gasteiger partial charge on any atom is -0.349 e. The van der Waals surface area contributed by atoms with Gasteiger partial charge in [0.1, 0.15) is 11.4 Å². The number of urea groups is 1. The first-order chi connectivity index (χ1) is 13.7. The van der Waals surface area contributed by atoms with Gasteiger partial charge in [-0.3, -0.25) is 14.9 Å². The molecular formula is C22H22FN3O3. The van der Waals surface area contributed by atoms with Crippen LogP contribution in [0.2, 0.25) is 0 Å². The largest absolute Gasteiger partial charge is 0.349 e. The Kier molecular flexibility index (Phi) is 4.61. The summed E-state index contributed by atoms with van der Waals surface area (Å²) in [5.41, 5.74) is 3.53. The van der Waals surface area contributed by atoms with Crippen molar-refractivity contribution in [3.8, 4) is 11.1 Å². The van der Waals surface area contributed by atoms with Crippen molar-refractivity contribution in [2.45, 2.75) is 44.7 Å². The molecule has 0 aromatic heterocycles. The van der Waals surface area contributed by atoms with Crippen molar-refractivity contribution in [2.24, 2.45) is 0 Å². The van der Waals surface area contributed by atoms with Gasteiger partial charge in [0.05, 0.1) is 12.5 Å². The van der Waals surface area contributed by atoms with E-state index in [0.717, 1.165) is 35.1 Å². The topological polar surface area (TPSA) is 87.3 Å². The lowest BCUT2D eigenvalue weighted by Gasteiger charge is -2.22. The summed E-state index contributed by atoms with van der Waals surface area (Å²) in [5, 5.41) is 7.64. The predicted octanol–water partition coefficient (Wildman–Crippen LogP) is 2.89. The lowest BCUT2D eigenvalue weighted by Crippen LogP contribution is -2.47. The molecule has 1 aliphatic heterocycles. The van der Waals surface area contributed by atoms with E-state index in [4.69, 9.17) is 0 Å². The quantitative estimate of drug-likeness (QED) is 0.696. The highest BCUT2D eigenvalue weighted by Crippen LogP contribution is 2.35. The van der Waals surface area contributed by atoms with E-state index in [1.165, 1.54) is 13.0 Å². The molecule has 2 atom stereocenters. The molecule has 4 amide bonds. The highest BCUT2D eigenvalue weighted by atomic mass is 19.1. The number of halogens is 1. The smallest absolute Gasteiger partial charge is 0.322 e.